The Morgan fingerprint density at radius 2 is 2.00 bits per heavy atom. The molecule has 1 fully saturated rings. The first kappa shape index (κ1) is 7.94. The van der Waals surface area contributed by atoms with Crippen molar-refractivity contribution in [2.45, 2.75) is 31.3 Å². The zero-order valence-corrected chi connectivity index (χ0v) is 5.90. The van der Waals surface area contributed by atoms with Gasteiger partial charge in [-0.2, -0.15) is 0 Å². The van der Waals surface area contributed by atoms with Crippen molar-refractivity contribution in [3.8, 4) is 0 Å². The molecule has 0 unspecified atom stereocenters. The van der Waals surface area contributed by atoms with Crippen LogP contribution in [-0.2, 0) is 4.74 Å². The first-order valence-corrected chi connectivity index (χ1v) is 3.38. The summed E-state index contributed by atoms with van der Waals surface area (Å²) in [5.74, 6) is 0. The minimum Gasteiger partial charge on any atom is -0.388 e. The molecule has 0 amide bonds. The molecule has 1 rings (SSSR count). The lowest BCUT2D eigenvalue weighted by atomic mass is 10.1. The SMILES string of the molecule is C[C@H]1O[C@@H](CN)[C@@H](O)[C@@H]1O. The number of aliphatic hydroxyl groups excluding tert-OH is 2. The molecule has 0 bridgehead atoms. The van der Waals surface area contributed by atoms with Crippen molar-refractivity contribution < 1.29 is 14.9 Å². The Kier molecular flexibility index (Phi) is 2.25. The standard InChI is InChI=1S/C6H13NO3/c1-3-5(8)6(9)4(2-7)10-3/h3-6,8-9H,2,7H2,1H3/t3-,4+,5-,6-/m1/s1. The van der Waals surface area contributed by atoms with Gasteiger partial charge in [-0.3, -0.25) is 0 Å². The molecule has 4 nitrogen and oxygen atoms in total. The predicted octanol–water partition coefficient (Wildman–Crippen LogP) is -1.55. The van der Waals surface area contributed by atoms with Crippen LogP contribution in [0.15, 0.2) is 0 Å². The number of nitrogens with two attached hydrogens (primary N) is 1. The van der Waals surface area contributed by atoms with E-state index in [9.17, 15) is 5.11 Å². The predicted molar refractivity (Wildman–Crippen MR) is 35.4 cm³/mol. The Morgan fingerprint density at radius 1 is 1.40 bits per heavy atom. The highest BCUT2D eigenvalue weighted by molar-refractivity contribution is 4.88. The molecule has 1 heterocycles. The smallest absolute Gasteiger partial charge is 0.110 e. The highest BCUT2D eigenvalue weighted by Crippen LogP contribution is 2.19. The van der Waals surface area contributed by atoms with Gasteiger partial charge in [-0.25, -0.2) is 0 Å². The fraction of sp³-hybridized carbons (Fsp3) is 1.00. The molecule has 0 aromatic rings. The van der Waals surface area contributed by atoms with Crippen molar-refractivity contribution in [1.29, 1.82) is 0 Å². The normalized spacial score (nSPS) is 48.0. The van der Waals surface area contributed by atoms with E-state index < -0.39 is 18.3 Å². The van der Waals surface area contributed by atoms with Gasteiger partial charge in [0, 0.05) is 6.54 Å². The van der Waals surface area contributed by atoms with Crippen molar-refractivity contribution in [2.24, 2.45) is 5.73 Å². The quantitative estimate of drug-likeness (QED) is 0.420. The highest BCUT2D eigenvalue weighted by Gasteiger charge is 2.38. The molecule has 4 N–H and O–H groups in total. The number of rotatable bonds is 1. The van der Waals surface area contributed by atoms with E-state index in [-0.39, 0.29) is 12.6 Å². The molecule has 0 aromatic heterocycles. The molecular weight excluding hydrogens is 134 g/mol. The second-order valence-corrected chi connectivity index (χ2v) is 2.60. The van der Waals surface area contributed by atoms with E-state index in [0.717, 1.165) is 0 Å². The maximum atomic E-state index is 9.17. The number of hydrogen-bond acceptors (Lipinski definition) is 4. The average molecular weight is 147 g/mol. The number of ether oxygens (including phenoxy) is 1. The third-order valence-electron chi connectivity index (χ3n) is 1.83. The fourth-order valence-electron chi connectivity index (χ4n) is 1.13. The minimum absolute atomic E-state index is 0.253. The summed E-state index contributed by atoms with van der Waals surface area (Å²) in [4.78, 5) is 0. The van der Waals surface area contributed by atoms with Crippen LogP contribution in [0.25, 0.3) is 0 Å². The van der Waals surface area contributed by atoms with Crippen molar-refractivity contribution in [1.82, 2.24) is 0 Å². The van der Waals surface area contributed by atoms with Gasteiger partial charge < -0.3 is 20.7 Å². The minimum atomic E-state index is -0.819. The van der Waals surface area contributed by atoms with E-state index in [1.165, 1.54) is 0 Å². The molecule has 0 aromatic carbocycles. The van der Waals surface area contributed by atoms with E-state index in [4.69, 9.17) is 15.6 Å². The molecule has 1 aliphatic heterocycles. The number of aliphatic hydroxyl groups is 2. The summed E-state index contributed by atoms with van der Waals surface area (Å²) in [6, 6.07) is 0. The van der Waals surface area contributed by atoms with Crippen molar-refractivity contribution in [3.63, 3.8) is 0 Å². The zero-order chi connectivity index (χ0) is 7.72. The Labute approximate surface area is 59.6 Å². The van der Waals surface area contributed by atoms with Crippen LogP contribution in [0.4, 0.5) is 0 Å². The molecule has 4 heteroatoms. The van der Waals surface area contributed by atoms with Crippen LogP contribution in [-0.4, -0.2) is 41.2 Å². The monoisotopic (exact) mass is 147 g/mol. The van der Waals surface area contributed by atoms with Gasteiger partial charge >= 0.3 is 0 Å². The second kappa shape index (κ2) is 2.84. The summed E-state index contributed by atoms with van der Waals surface area (Å²) in [7, 11) is 0. The molecule has 4 atom stereocenters. The van der Waals surface area contributed by atoms with Gasteiger partial charge in [-0.15, -0.1) is 0 Å². The van der Waals surface area contributed by atoms with Crippen LogP contribution in [0.2, 0.25) is 0 Å². The topological polar surface area (TPSA) is 75.7 Å². The molecule has 1 aliphatic rings. The van der Waals surface area contributed by atoms with Crippen LogP contribution < -0.4 is 5.73 Å². The van der Waals surface area contributed by atoms with Gasteiger partial charge in [-0.05, 0) is 6.92 Å². The molecule has 60 valence electrons. The summed E-state index contributed by atoms with van der Waals surface area (Å²) < 4.78 is 5.11. The van der Waals surface area contributed by atoms with Crippen LogP contribution in [0.1, 0.15) is 6.92 Å². The van der Waals surface area contributed by atoms with E-state index >= 15 is 0 Å². The Bertz CT molecular complexity index is 120. The van der Waals surface area contributed by atoms with E-state index in [2.05, 4.69) is 0 Å². The lowest BCUT2D eigenvalue weighted by molar-refractivity contribution is 0.0223. The first-order chi connectivity index (χ1) is 4.66. The molecule has 0 saturated carbocycles. The third kappa shape index (κ3) is 1.15. The maximum Gasteiger partial charge on any atom is 0.110 e. The van der Waals surface area contributed by atoms with E-state index in [0.29, 0.717) is 0 Å². The fourth-order valence-corrected chi connectivity index (χ4v) is 1.13. The lowest BCUT2D eigenvalue weighted by Crippen LogP contribution is -2.35. The van der Waals surface area contributed by atoms with Crippen LogP contribution >= 0.6 is 0 Å². The molecule has 10 heavy (non-hydrogen) atoms. The summed E-state index contributed by atoms with van der Waals surface area (Å²) in [6.07, 6.45) is -2.30. The molecule has 0 aliphatic carbocycles. The molecule has 1 saturated heterocycles. The number of hydrogen-bond donors (Lipinski definition) is 3. The van der Waals surface area contributed by atoms with Crippen molar-refractivity contribution in [3.05, 3.63) is 0 Å². The van der Waals surface area contributed by atoms with Gasteiger partial charge in [0.1, 0.15) is 12.2 Å². The van der Waals surface area contributed by atoms with E-state index in [1.54, 1.807) is 6.92 Å². The van der Waals surface area contributed by atoms with Gasteiger partial charge in [0.05, 0.1) is 12.2 Å². The summed E-state index contributed by atoms with van der Waals surface area (Å²) in [6.45, 7) is 1.96. The molecule has 0 radical (unpaired) electrons. The summed E-state index contributed by atoms with van der Waals surface area (Å²) in [5, 5.41) is 18.3. The van der Waals surface area contributed by atoms with Crippen LogP contribution in [0, 0.1) is 0 Å². The second-order valence-electron chi connectivity index (χ2n) is 2.60. The largest absolute Gasteiger partial charge is 0.388 e. The van der Waals surface area contributed by atoms with Crippen LogP contribution in [0.5, 0.6) is 0 Å². The Hall–Kier alpha value is -0.160. The van der Waals surface area contributed by atoms with Gasteiger partial charge in [0.2, 0.25) is 0 Å². The zero-order valence-electron chi connectivity index (χ0n) is 5.90. The van der Waals surface area contributed by atoms with Crippen molar-refractivity contribution in [2.75, 3.05) is 6.54 Å². The third-order valence-corrected chi connectivity index (χ3v) is 1.83. The van der Waals surface area contributed by atoms with E-state index in [1.807, 2.05) is 0 Å². The van der Waals surface area contributed by atoms with Gasteiger partial charge in [0.15, 0.2) is 0 Å². The average Bonchev–Trinajstić information content (AvgIpc) is 2.17. The van der Waals surface area contributed by atoms with Crippen LogP contribution in [0.3, 0.4) is 0 Å². The Morgan fingerprint density at radius 3 is 2.20 bits per heavy atom. The van der Waals surface area contributed by atoms with Gasteiger partial charge in [0.25, 0.3) is 0 Å². The highest BCUT2D eigenvalue weighted by atomic mass is 16.5. The molecular formula is C6H13NO3. The maximum absolute atomic E-state index is 9.17. The van der Waals surface area contributed by atoms with Crippen molar-refractivity contribution >= 4 is 0 Å². The lowest BCUT2D eigenvalue weighted by Gasteiger charge is -2.10. The molecule has 0 spiro atoms. The first-order valence-electron chi connectivity index (χ1n) is 3.38. The Balaban J connectivity index is 2.53. The summed E-state index contributed by atoms with van der Waals surface area (Å²) in [5.41, 5.74) is 5.25. The summed E-state index contributed by atoms with van der Waals surface area (Å²) >= 11 is 0. The van der Waals surface area contributed by atoms with Gasteiger partial charge in [-0.1, -0.05) is 0 Å².